The molecule has 0 radical (unpaired) electrons. The zero-order chi connectivity index (χ0) is 6.10. The molecule has 1 aromatic rings. The van der Waals surface area contributed by atoms with Crippen LogP contribution in [0.25, 0.3) is 6.08 Å². The van der Waals surface area contributed by atoms with Gasteiger partial charge in [0.25, 0.3) is 0 Å². The SMILES string of the molecule is C1=Cc2ooc2CCC1. The van der Waals surface area contributed by atoms with Gasteiger partial charge in [-0.15, -0.1) is 0 Å². The first-order valence-corrected chi connectivity index (χ1v) is 3.21. The maximum atomic E-state index is 4.74. The Labute approximate surface area is 53.1 Å². The first-order chi connectivity index (χ1) is 4.47. The molecule has 1 aromatic heterocycles. The van der Waals surface area contributed by atoms with Crippen LogP contribution in [0.15, 0.2) is 15.2 Å². The van der Waals surface area contributed by atoms with Crippen LogP contribution in [0, 0.1) is 0 Å². The summed E-state index contributed by atoms with van der Waals surface area (Å²) in [6, 6.07) is 0. The van der Waals surface area contributed by atoms with Gasteiger partial charge in [0, 0.05) is 6.42 Å². The Morgan fingerprint density at radius 1 is 1.33 bits per heavy atom. The molecule has 0 fully saturated rings. The molecule has 0 saturated heterocycles. The fraction of sp³-hybridized carbons (Fsp3) is 0.429. The molecule has 1 aliphatic rings. The van der Waals surface area contributed by atoms with E-state index in [1.54, 1.807) is 0 Å². The lowest BCUT2D eigenvalue weighted by Gasteiger charge is -1.99. The van der Waals surface area contributed by atoms with E-state index in [1.165, 1.54) is 6.42 Å². The number of aryl methyl sites for hydroxylation is 1. The minimum atomic E-state index is 0.924. The second-order valence-corrected chi connectivity index (χ2v) is 2.25. The largest absolute Gasteiger partial charge is 0.290 e. The van der Waals surface area contributed by atoms with Crippen molar-refractivity contribution in [1.82, 2.24) is 0 Å². The topological polar surface area (TPSA) is 26.3 Å². The smallest absolute Gasteiger partial charge is 0.221 e. The highest BCUT2D eigenvalue weighted by Gasteiger charge is 2.12. The maximum Gasteiger partial charge on any atom is 0.221 e. The van der Waals surface area contributed by atoms with Crippen molar-refractivity contribution in [2.75, 3.05) is 0 Å². The Bertz CT molecular complexity index is 217. The van der Waals surface area contributed by atoms with E-state index in [4.69, 9.17) is 9.15 Å². The molecule has 0 amide bonds. The van der Waals surface area contributed by atoms with Crippen LogP contribution in [0.5, 0.6) is 0 Å². The van der Waals surface area contributed by atoms with E-state index in [2.05, 4.69) is 6.08 Å². The zero-order valence-corrected chi connectivity index (χ0v) is 5.09. The molecular formula is C7H8O2. The molecule has 2 nitrogen and oxygen atoms in total. The summed E-state index contributed by atoms with van der Waals surface area (Å²) in [7, 11) is 0. The molecule has 0 saturated carbocycles. The number of hydrogen-bond donors (Lipinski definition) is 0. The summed E-state index contributed by atoms with van der Waals surface area (Å²) in [4.78, 5) is 0. The van der Waals surface area contributed by atoms with E-state index in [0.717, 1.165) is 24.4 Å². The van der Waals surface area contributed by atoms with Crippen LogP contribution in [0.1, 0.15) is 24.4 Å². The summed E-state index contributed by atoms with van der Waals surface area (Å²) in [5.74, 6) is 1.94. The molecular weight excluding hydrogens is 116 g/mol. The van der Waals surface area contributed by atoms with Crippen LogP contribution in [-0.2, 0) is 6.42 Å². The molecule has 9 heavy (non-hydrogen) atoms. The number of hydrogen-bond acceptors (Lipinski definition) is 2. The molecule has 0 bridgehead atoms. The van der Waals surface area contributed by atoms with Crippen molar-refractivity contribution < 1.29 is 9.15 Å². The van der Waals surface area contributed by atoms with Crippen molar-refractivity contribution in [1.29, 1.82) is 0 Å². The average Bonchev–Trinajstić information content (AvgIpc) is 1.94. The first kappa shape index (κ1) is 4.91. The number of rotatable bonds is 0. The van der Waals surface area contributed by atoms with Gasteiger partial charge in [-0.3, -0.25) is 9.15 Å². The summed E-state index contributed by atoms with van der Waals surface area (Å²) < 4.78 is 9.45. The van der Waals surface area contributed by atoms with Crippen molar-refractivity contribution >= 4 is 6.08 Å². The zero-order valence-electron chi connectivity index (χ0n) is 5.09. The molecule has 0 atom stereocenters. The van der Waals surface area contributed by atoms with Crippen molar-refractivity contribution in [3.63, 3.8) is 0 Å². The van der Waals surface area contributed by atoms with Crippen LogP contribution in [0.2, 0.25) is 0 Å². The average molecular weight is 124 g/mol. The molecule has 0 N–H and O–H groups in total. The monoisotopic (exact) mass is 124 g/mol. The van der Waals surface area contributed by atoms with Gasteiger partial charge < -0.3 is 0 Å². The van der Waals surface area contributed by atoms with Crippen LogP contribution < -0.4 is 0 Å². The highest BCUT2D eigenvalue weighted by Crippen LogP contribution is 2.21. The summed E-state index contributed by atoms with van der Waals surface area (Å²) in [6.07, 6.45) is 7.44. The van der Waals surface area contributed by atoms with E-state index in [9.17, 15) is 0 Å². The van der Waals surface area contributed by atoms with E-state index in [0.29, 0.717) is 0 Å². The normalized spacial score (nSPS) is 17.3. The minimum absolute atomic E-state index is 0.924. The lowest BCUT2D eigenvalue weighted by Crippen LogP contribution is -1.89. The summed E-state index contributed by atoms with van der Waals surface area (Å²) in [5, 5.41) is 0. The molecule has 2 heteroatoms. The fourth-order valence-corrected chi connectivity index (χ4v) is 1.01. The quantitative estimate of drug-likeness (QED) is 0.495. The summed E-state index contributed by atoms with van der Waals surface area (Å²) >= 11 is 0. The number of fused-ring (bicyclic) bond motifs is 1. The summed E-state index contributed by atoms with van der Waals surface area (Å²) in [5.41, 5.74) is 0. The van der Waals surface area contributed by atoms with Crippen LogP contribution in [0.3, 0.4) is 0 Å². The molecule has 0 spiro atoms. The van der Waals surface area contributed by atoms with Gasteiger partial charge in [-0.2, -0.15) is 0 Å². The Balaban J connectivity index is 2.30. The van der Waals surface area contributed by atoms with Gasteiger partial charge in [0.15, 0.2) is 0 Å². The lowest BCUT2D eigenvalue weighted by atomic mass is 10.2. The lowest BCUT2D eigenvalue weighted by molar-refractivity contribution is -0.0199. The molecule has 0 aromatic carbocycles. The molecule has 2 rings (SSSR count). The summed E-state index contributed by atoms with van der Waals surface area (Å²) in [6.45, 7) is 0. The van der Waals surface area contributed by atoms with Gasteiger partial charge in [0.05, 0.1) is 0 Å². The Kier molecular flexibility index (Phi) is 0.979. The van der Waals surface area contributed by atoms with Crippen molar-refractivity contribution in [2.45, 2.75) is 19.3 Å². The van der Waals surface area contributed by atoms with Gasteiger partial charge in [0.2, 0.25) is 11.5 Å². The van der Waals surface area contributed by atoms with E-state index in [1.807, 2.05) is 6.08 Å². The molecule has 0 aliphatic heterocycles. The molecule has 1 aliphatic carbocycles. The third kappa shape index (κ3) is 0.707. The van der Waals surface area contributed by atoms with Crippen LogP contribution >= 0.6 is 0 Å². The standard InChI is InChI=1S/C7H8O2/c1-2-4-6-7(5-3-1)9-8-6/h2,4H,1,3,5H2. The fourth-order valence-electron chi connectivity index (χ4n) is 1.01. The second-order valence-electron chi connectivity index (χ2n) is 2.25. The predicted molar refractivity (Wildman–Crippen MR) is 32.9 cm³/mol. The van der Waals surface area contributed by atoms with Crippen molar-refractivity contribution in [3.05, 3.63) is 17.6 Å². The Hall–Kier alpha value is -0.920. The van der Waals surface area contributed by atoms with Crippen LogP contribution in [-0.4, -0.2) is 0 Å². The predicted octanol–water partition coefficient (Wildman–Crippen LogP) is 2.22. The van der Waals surface area contributed by atoms with Gasteiger partial charge in [0.1, 0.15) is 0 Å². The van der Waals surface area contributed by atoms with Crippen molar-refractivity contribution in [2.24, 2.45) is 0 Å². The first-order valence-electron chi connectivity index (χ1n) is 3.21. The van der Waals surface area contributed by atoms with Gasteiger partial charge in [-0.05, 0) is 18.9 Å². The minimum Gasteiger partial charge on any atom is -0.290 e. The molecule has 1 heterocycles. The second kappa shape index (κ2) is 1.79. The Morgan fingerprint density at radius 2 is 2.33 bits per heavy atom. The van der Waals surface area contributed by atoms with Gasteiger partial charge >= 0.3 is 0 Å². The van der Waals surface area contributed by atoms with E-state index >= 15 is 0 Å². The molecule has 0 unspecified atom stereocenters. The third-order valence-electron chi connectivity index (χ3n) is 1.55. The third-order valence-corrected chi connectivity index (χ3v) is 1.55. The maximum absolute atomic E-state index is 4.74. The van der Waals surface area contributed by atoms with E-state index < -0.39 is 0 Å². The highest BCUT2D eigenvalue weighted by molar-refractivity contribution is 5.45. The van der Waals surface area contributed by atoms with Crippen LogP contribution in [0.4, 0.5) is 0 Å². The number of allylic oxidation sites excluding steroid dienone is 1. The van der Waals surface area contributed by atoms with Gasteiger partial charge in [-0.1, -0.05) is 6.08 Å². The Morgan fingerprint density at radius 3 is 3.11 bits per heavy atom. The van der Waals surface area contributed by atoms with Crippen molar-refractivity contribution in [3.8, 4) is 0 Å². The van der Waals surface area contributed by atoms with E-state index in [-0.39, 0.29) is 0 Å². The van der Waals surface area contributed by atoms with Gasteiger partial charge in [-0.25, -0.2) is 0 Å². The molecule has 48 valence electrons. The highest BCUT2D eigenvalue weighted by atomic mass is 17.0.